The van der Waals surface area contributed by atoms with E-state index in [0.717, 1.165) is 6.54 Å². The number of nitrogens with zero attached hydrogens (tertiary/aromatic N) is 1. The Morgan fingerprint density at radius 1 is 1.33 bits per heavy atom. The first kappa shape index (κ1) is 14.4. The molecule has 0 aliphatic carbocycles. The zero-order valence-electron chi connectivity index (χ0n) is 10.7. The van der Waals surface area contributed by atoms with E-state index in [-0.39, 0.29) is 12.5 Å². The normalized spacial score (nSPS) is 12.7. The van der Waals surface area contributed by atoms with Crippen molar-refractivity contribution in [3.63, 3.8) is 0 Å². The van der Waals surface area contributed by atoms with Crippen LogP contribution in [0.4, 0.5) is 0 Å². The Kier molecular flexibility index (Phi) is 4.74. The first-order valence-corrected chi connectivity index (χ1v) is 5.33. The predicted octanol–water partition coefficient (Wildman–Crippen LogP) is 0.604. The number of likely N-dealkylation sites (N-methyl/N-ethyl adjacent to an activating group) is 2. The second-order valence-corrected chi connectivity index (χ2v) is 4.99. The van der Waals surface area contributed by atoms with Crippen LogP contribution in [0.5, 0.6) is 0 Å². The number of nitrogens with one attached hydrogen (secondary N) is 1. The standard InChI is InChI=1S/C11H24N2O2/c1-7-12-11(4,5)9(15)13(6)10(2,3)8-14/h12,14H,7-8H2,1-6H3. The van der Waals surface area contributed by atoms with Crippen LogP contribution in [-0.4, -0.2) is 47.2 Å². The summed E-state index contributed by atoms with van der Waals surface area (Å²) in [6.45, 7) is 10.0. The van der Waals surface area contributed by atoms with Crippen molar-refractivity contribution < 1.29 is 9.90 Å². The molecular weight excluding hydrogens is 192 g/mol. The van der Waals surface area contributed by atoms with Gasteiger partial charge in [-0.25, -0.2) is 0 Å². The van der Waals surface area contributed by atoms with E-state index in [0.29, 0.717) is 0 Å². The second-order valence-electron chi connectivity index (χ2n) is 4.99. The fourth-order valence-electron chi connectivity index (χ4n) is 1.32. The number of carbonyl (C=O) groups excluding carboxylic acids is 1. The van der Waals surface area contributed by atoms with Gasteiger partial charge < -0.3 is 15.3 Å². The first-order chi connectivity index (χ1) is 6.69. The van der Waals surface area contributed by atoms with E-state index in [9.17, 15) is 9.90 Å². The lowest BCUT2D eigenvalue weighted by atomic mass is 9.98. The number of aliphatic hydroxyl groups is 1. The van der Waals surface area contributed by atoms with Crippen LogP contribution < -0.4 is 5.32 Å². The zero-order valence-corrected chi connectivity index (χ0v) is 10.7. The van der Waals surface area contributed by atoms with Gasteiger partial charge in [0.2, 0.25) is 5.91 Å². The Morgan fingerprint density at radius 2 is 1.80 bits per heavy atom. The molecule has 0 unspecified atom stereocenters. The van der Waals surface area contributed by atoms with E-state index in [1.807, 2.05) is 34.6 Å². The summed E-state index contributed by atoms with van der Waals surface area (Å²) in [4.78, 5) is 13.7. The average Bonchev–Trinajstić information content (AvgIpc) is 2.15. The van der Waals surface area contributed by atoms with Crippen LogP contribution in [0.25, 0.3) is 0 Å². The lowest BCUT2D eigenvalue weighted by Crippen LogP contribution is -2.59. The van der Waals surface area contributed by atoms with Gasteiger partial charge in [0.15, 0.2) is 0 Å². The molecule has 0 heterocycles. The molecule has 0 aromatic heterocycles. The molecule has 0 aromatic carbocycles. The summed E-state index contributed by atoms with van der Waals surface area (Å²) in [6, 6.07) is 0. The molecule has 0 rings (SSSR count). The maximum atomic E-state index is 12.1. The fraction of sp³-hybridized carbons (Fsp3) is 0.909. The van der Waals surface area contributed by atoms with Crippen molar-refractivity contribution in [3.05, 3.63) is 0 Å². The second kappa shape index (κ2) is 4.94. The van der Waals surface area contributed by atoms with Gasteiger partial charge in [0.05, 0.1) is 17.7 Å². The van der Waals surface area contributed by atoms with Crippen molar-refractivity contribution in [2.75, 3.05) is 20.2 Å². The van der Waals surface area contributed by atoms with Gasteiger partial charge in [-0.15, -0.1) is 0 Å². The van der Waals surface area contributed by atoms with Crippen LogP contribution >= 0.6 is 0 Å². The Labute approximate surface area is 92.7 Å². The highest BCUT2D eigenvalue weighted by atomic mass is 16.3. The third-order valence-corrected chi connectivity index (χ3v) is 2.75. The minimum Gasteiger partial charge on any atom is -0.394 e. The number of hydrogen-bond acceptors (Lipinski definition) is 3. The summed E-state index contributed by atoms with van der Waals surface area (Å²) in [5.74, 6) is -0.0107. The molecule has 0 bridgehead atoms. The quantitative estimate of drug-likeness (QED) is 0.708. The summed E-state index contributed by atoms with van der Waals surface area (Å²) in [6.07, 6.45) is 0. The van der Waals surface area contributed by atoms with Crippen LogP contribution in [0.2, 0.25) is 0 Å². The molecule has 0 aromatic rings. The molecular formula is C11H24N2O2. The topological polar surface area (TPSA) is 52.6 Å². The van der Waals surface area contributed by atoms with Gasteiger partial charge in [0.25, 0.3) is 0 Å². The summed E-state index contributed by atoms with van der Waals surface area (Å²) in [5.41, 5.74) is -1.11. The number of hydrogen-bond donors (Lipinski definition) is 2. The minimum atomic E-state index is -0.587. The highest BCUT2D eigenvalue weighted by Gasteiger charge is 2.35. The molecule has 2 N–H and O–H groups in total. The molecule has 4 nitrogen and oxygen atoms in total. The minimum absolute atomic E-state index is 0.0107. The lowest BCUT2D eigenvalue weighted by molar-refractivity contribution is -0.142. The molecule has 1 amide bonds. The average molecular weight is 216 g/mol. The van der Waals surface area contributed by atoms with Crippen molar-refractivity contribution >= 4 is 5.91 Å². The summed E-state index contributed by atoms with van der Waals surface area (Å²) in [5, 5.41) is 12.3. The molecule has 0 saturated heterocycles. The first-order valence-electron chi connectivity index (χ1n) is 5.33. The van der Waals surface area contributed by atoms with Gasteiger partial charge in [-0.3, -0.25) is 4.79 Å². The lowest BCUT2D eigenvalue weighted by Gasteiger charge is -2.39. The molecule has 0 aliphatic heterocycles. The van der Waals surface area contributed by atoms with E-state index in [2.05, 4.69) is 5.32 Å². The van der Waals surface area contributed by atoms with Gasteiger partial charge in [0.1, 0.15) is 0 Å². The van der Waals surface area contributed by atoms with Gasteiger partial charge in [0, 0.05) is 7.05 Å². The van der Waals surface area contributed by atoms with Crippen LogP contribution in [0.15, 0.2) is 0 Å². The van der Waals surface area contributed by atoms with Crippen LogP contribution in [0, 0.1) is 0 Å². The van der Waals surface area contributed by atoms with Gasteiger partial charge in [-0.05, 0) is 34.2 Å². The third-order valence-electron chi connectivity index (χ3n) is 2.75. The zero-order chi connectivity index (χ0) is 12.3. The molecule has 0 atom stereocenters. The highest BCUT2D eigenvalue weighted by molar-refractivity contribution is 5.85. The van der Waals surface area contributed by atoms with Gasteiger partial charge in [-0.1, -0.05) is 6.92 Å². The number of aliphatic hydroxyl groups excluding tert-OH is 1. The summed E-state index contributed by atoms with van der Waals surface area (Å²) < 4.78 is 0. The molecule has 0 radical (unpaired) electrons. The van der Waals surface area contributed by atoms with E-state index in [1.165, 1.54) is 0 Å². The molecule has 4 heteroatoms. The van der Waals surface area contributed by atoms with E-state index >= 15 is 0 Å². The van der Waals surface area contributed by atoms with Crippen molar-refractivity contribution in [2.24, 2.45) is 0 Å². The van der Waals surface area contributed by atoms with Crippen LogP contribution in [0.1, 0.15) is 34.6 Å². The molecule has 0 saturated carbocycles. The maximum Gasteiger partial charge on any atom is 0.242 e. The van der Waals surface area contributed by atoms with E-state index < -0.39 is 11.1 Å². The SMILES string of the molecule is CCNC(C)(C)C(=O)N(C)C(C)(C)CO. The molecule has 0 fully saturated rings. The molecule has 15 heavy (non-hydrogen) atoms. The Hall–Kier alpha value is -0.610. The molecule has 90 valence electrons. The van der Waals surface area contributed by atoms with Crippen LogP contribution in [-0.2, 0) is 4.79 Å². The van der Waals surface area contributed by atoms with Gasteiger partial charge in [-0.2, -0.15) is 0 Å². The van der Waals surface area contributed by atoms with Crippen molar-refractivity contribution in [1.29, 1.82) is 0 Å². The number of carbonyl (C=O) groups is 1. The van der Waals surface area contributed by atoms with Crippen LogP contribution in [0.3, 0.4) is 0 Å². The molecule has 0 spiro atoms. The van der Waals surface area contributed by atoms with Gasteiger partial charge >= 0.3 is 0 Å². The van der Waals surface area contributed by atoms with E-state index in [1.54, 1.807) is 11.9 Å². The monoisotopic (exact) mass is 216 g/mol. The van der Waals surface area contributed by atoms with Crippen molar-refractivity contribution in [2.45, 2.75) is 45.7 Å². The Balaban J connectivity index is 4.71. The van der Waals surface area contributed by atoms with E-state index in [4.69, 9.17) is 0 Å². The largest absolute Gasteiger partial charge is 0.394 e. The van der Waals surface area contributed by atoms with Crippen molar-refractivity contribution in [3.8, 4) is 0 Å². The highest BCUT2D eigenvalue weighted by Crippen LogP contribution is 2.16. The Morgan fingerprint density at radius 3 is 2.13 bits per heavy atom. The summed E-state index contributed by atoms with van der Waals surface area (Å²) in [7, 11) is 1.72. The predicted molar refractivity (Wildman–Crippen MR) is 61.7 cm³/mol. The number of amides is 1. The molecule has 0 aliphatic rings. The third kappa shape index (κ3) is 3.47. The summed E-state index contributed by atoms with van der Waals surface area (Å²) >= 11 is 0. The smallest absolute Gasteiger partial charge is 0.242 e. The maximum absolute atomic E-state index is 12.1. The fourth-order valence-corrected chi connectivity index (χ4v) is 1.32. The Bertz CT molecular complexity index is 225. The number of rotatable bonds is 5. The van der Waals surface area contributed by atoms with Crippen molar-refractivity contribution in [1.82, 2.24) is 10.2 Å².